The average molecular weight is 250 g/mol. The molecule has 0 unspecified atom stereocenters. The van der Waals surface area contributed by atoms with Crippen LogP contribution in [0, 0.1) is 6.92 Å². The van der Waals surface area contributed by atoms with Crippen molar-refractivity contribution in [1.29, 1.82) is 0 Å². The van der Waals surface area contributed by atoms with Gasteiger partial charge in [-0.3, -0.25) is 4.68 Å². The zero-order valence-corrected chi connectivity index (χ0v) is 11.0. The molecule has 4 heteroatoms. The quantitative estimate of drug-likeness (QED) is 0.826. The number of nitrogens with two attached hydrogens (primary N) is 1. The first kappa shape index (κ1) is 12.0. The first-order valence-corrected chi connectivity index (χ1v) is 5.97. The van der Waals surface area contributed by atoms with Crippen LogP contribution < -0.4 is 5.73 Å². The molecule has 0 aliphatic heterocycles. The second-order valence-corrected chi connectivity index (χ2v) is 4.90. The van der Waals surface area contributed by atoms with E-state index in [4.69, 9.17) is 17.3 Å². The first-order valence-electron chi connectivity index (χ1n) is 5.59. The maximum absolute atomic E-state index is 6.21. The van der Waals surface area contributed by atoms with Crippen molar-refractivity contribution in [2.45, 2.75) is 26.8 Å². The topological polar surface area (TPSA) is 43.8 Å². The van der Waals surface area contributed by atoms with E-state index in [0.29, 0.717) is 11.1 Å². The minimum atomic E-state index is 0.345. The highest BCUT2D eigenvalue weighted by Gasteiger charge is 2.09. The zero-order valence-electron chi connectivity index (χ0n) is 10.2. The lowest BCUT2D eigenvalue weighted by Crippen LogP contribution is -1.99. The molecule has 2 aromatic rings. The number of halogens is 1. The Labute approximate surface area is 106 Å². The van der Waals surface area contributed by atoms with Gasteiger partial charge in [0.25, 0.3) is 0 Å². The fourth-order valence-corrected chi connectivity index (χ4v) is 1.96. The standard InChI is InChI=1S/C13H16ClN3/c1-8(2)17-7-10(6-16-17)11-4-9(3)13(15)5-12(11)14/h4-8H,15H2,1-3H3. The molecule has 2 N–H and O–H groups in total. The van der Waals surface area contributed by atoms with Gasteiger partial charge in [-0.1, -0.05) is 11.6 Å². The molecule has 0 fully saturated rings. The highest BCUT2D eigenvalue weighted by molar-refractivity contribution is 6.33. The Bertz CT molecular complexity index is 544. The number of rotatable bonds is 2. The van der Waals surface area contributed by atoms with Gasteiger partial charge in [0, 0.05) is 29.1 Å². The summed E-state index contributed by atoms with van der Waals surface area (Å²) in [6, 6.07) is 4.13. The Morgan fingerprint density at radius 1 is 1.35 bits per heavy atom. The van der Waals surface area contributed by atoms with E-state index in [9.17, 15) is 0 Å². The molecule has 2 rings (SSSR count). The van der Waals surface area contributed by atoms with E-state index in [0.717, 1.165) is 22.4 Å². The van der Waals surface area contributed by atoms with Gasteiger partial charge in [0.05, 0.1) is 11.2 Å². The molecule has 0 atom stereocenters. The lowest BCUT2D eigenvalue weighted by molar-refractivity contribution is 0.532. The summed E-state index contributed by atoms with van der Waals surface area (Å²) in [5.41, 5.74) is 9.56. The second-order valence-electron chi connectivity index (χ2n) is 4.49. The van der Waals surface area contributed by atoms with Gasteiger partial charge in [0.2, 0.25) is 0 Å². The molecule has 0 spiro atoms. The van der Waals surface area contributed by atoms with Crippen LogP contribution in [0.25, 0.3) is 11.1 Å². The number of nitrogens with zero attached hydrogens (tertiary/aromatic N) is 2. The van der Waals surface area contributed by atoms with Crippen LogP contribution in [-0.4, -0.2) is 9.78 Å². The lowest BCUT2D eigenvalue weighted by Gasteiger charge is -2.07. The summed E-state index contributed by atoms with van der Waals surface area (Å²) in [6.07, 6.45) is 3.83. The number of anilines is 1. The molecule has 0 saturated heterocycles. The van der Waals surface area contributed by atoms with Gasteiger partial charge in [0.1, 0.15) is 0 Å². The van der Waals surface area contributed by atoms with Crippen LogP contribution in [0.1, 0.15) is 25.5 Å². The number of nitrogen functional groups attached to an aromatic ring is 1. The molecule has 0 saturated carbocycles. The lowest BCUT2D eigenvalue weighted by atomic mass is 10.1. The van der Waals surface area contributed by atoms with Crippen molar-refractivity contribution in [1.82, 2.24) is 9.78 Å². The molecule has 0 amide bonds. The van der Waals surface area contributed by atoms with Gasteiger partial charge < -0.3 is 5.73 Å². The number of aryl methyl sites for hydroxylation is 1. The van der Waals surface area contributed by atoms with Crippen LogP contribution in [0.2, 0.25) is 5.02 Å². The minimum Gasteiger partial charge on any atom is -0.398 e. The summed E-state index contributed by atoms with van der Waals surface area (Å²) in [5.74, 6) is 0. The molecule has 90 valence electrons. The van der Waals surface area contributed by atoms with Crippen molar-refractivity contribution in [3.8, 4) is 11.1 Å². The third kappa shape index (κ3) is 2.29. The van der Waals surface area contributed by atoms with Crippen molar-refractivity contribution >= 4 is 17.3 Å². The van der Waals surface area contributed by atoms with Gasteiger partial charge in [-0.05, 0) is 38.5 Å². The van der Waals surface area contributed by atoms with Gasteiger partial charge in [-0.15, -0.1) is 0 Å². The van der Waals surface area contributed by atoms with Gasteiger partial charge in [-0.25, -0.2) is 0 Å². The SMILES string of the molecule is Cc1cc(-c2cnn(C(C)C)c2)c(Cl)cc1N. The maximum atomic E-state index is 6.21. The largest absolute Gasteiger partial charge is 0.398 e. The summed E-state index contributed by atoms with van der Waals surface area (Å²) in [6.45, 7) is 6.15. The average Bonchev–Trinajstić information content (AvgIpc) is 2.72. The molecule has 0 radical (unpaired) electrons. The Morgan fingerprint density at radius 3 is 2.65 bits per heavy atom. The second kappa shape index (κ2) is 4.41. The molecule has 0 bridgehead atoms. The maximum Gasteiger partial charge on any atom is 0.0568 e. The van der Waals surface area contributed by atoms with Gasteiger partial charge in [0.15, 0.2) is 0 Å². The number of benzene rings is 1. The van der Waals surface area contributed by atoms with Gasteiger partial charge in [-0.2, -0.15) is 5.10 Å². The number of hydrogen-bond donors (Lipinski definition) is 1. The van der Waals surface area contributed by atoms with E-state index in [1.54, 1.807) is 6.07 Å². The Kier molecular flexibility index (Phi) is 3.11. The van der Waals surface area contributed by atoms with Crippen LogP contribution in [0.15, 0.2) is 24.5 Å². The molecule has 0 aliphatic rings. The molecule has 1 heterocycles. The van der Waals surface area contributed by atoms with E-state index in [2.05, 4.69) is 18.9 Å². The molecule has 1 aromatic heterocycles. The molecular formula is C13H16ClN3. The third-order valence-electron chi connectivity index (χ3n) is 2.80. The fraction of sp³-hybridized carbons (Fsp3) is 0.308. The van der Waals surface area contributed by atoms with E-state index in [1.807, 2.05) is 30.1 Å². The molecule has 3 nitrogen and oxygen atoms in total. The third-order valence-corrected chi connectivity index (χ3v) is 3.11. The van der Waals surface area contributed by atoms with Crippen LogP contribution >= 0.6 is 11.6 Å². The predicted octanol–water partition coefficient (Wildman–Crippen LogP) is 3.68. The van der Waals surface area contributed by atoms with Crippen LogP contribution in [-0.2, 0) is 0 Å². The van der Waals surface area contributed by atoms with Crippen molar-refractivity contribution in [2.75, 3.05) is 5.73 Å². The van der Waals surface area contributed by atoms with E-state index in [1.165, 1.54) is 0 Å². The molecule has 17 heavy (non-hydrogen) atoms. The molecule has 1 aromatic carbocycles. The first-order chi connectivity index (χ1) is 7.99. The van der Waals surface area contributed by atoms with Crippen molar-refractivity contribution in [3.05, 3.63) is 35.1 Å². The summed E-state index contributed by atoms with van der Waals surface area (Å²) < 4.78 is 1.91. The Balaban J connectivity index is 2.49. The Morgan fingerprint density at radius 2 is 2.06 bits per heavy atom. The number of aromatic nitrogens is 2. The van der Waals surface area contributed by atoms with E-state index < -0.39 is 0 Å². The van der Waals surface area contributed by atoms with Crippen molar-refractivity contribution in [2.24, 2.45) is 0 Å². The van der Waals surface area contributed by atoms with Gasteiger partial charge >= 0.3 is 0 Å². The monoisotopic (exact) mass is 249 g/mol. The normalized spacial score (nSPS) is 11.1. The summed E-state index contributed by atoms with van der Waals surface area (Å²) in [4.78, 5) is 0. The van der Waals surface area contributed by atoms with Crippen LogP contribution in [0.4, 0.5) is 5.69 Å². The molecule has 0 aliphatic carbocycles. The summed E-state index contributed by atoms with van der Waals surface area (Å²) >= 11 is 6.21. The number of hydrogen-bond acceptors (Lipinski definition) is 2. The zero-order chi connectivity index (χ0) is 12.6. The smallest absolute Gasteiger partial charge is 0.0568 e. The fourth-order valence-electron chi connectivity index (χ4n) is 1.68. The van der Waals surface area contributed by atoms with Crippen LogP contribution in [0.5, 0.6) is 0 Å². The van der Waals surface area contributed by atoms with E-state index in [-0.39, 0.29) is 0 Å². The molecular weight excluding hydrogens is 234 g/mol. The highest BCUT2D eigenvalue weighted by Crippen LogP contribution is 2.31. The van der Waals surface area contributed by atoms with Crippen molar-refractivity contribution in [3.63, 3.8) is 0 Å². The summed E-state index contributed by atoms with van der Waals surface area (Å²) in [5, 5.41) is 4.98. The van der Waals surface area contributed by atoms with Crippen LogP contribution in [0.3, 0.4) is 0 Å². The summed E-state index contributed by atoms with van der Waals surface area (Å²) in [7, 11) is 0. The van der Waals surface area contributed by atoms with E-state index >= 15 is 0 Å². The minimum absolute atomic E-state index is 0.345. The van der Waals surface area contributed by atoms with Crippen molar-refractivity contribution < 1.29 is 0 Å². The predicted molar refractivity (Wildman–Crippen MR) is 72.2 cm³/mol. The highest BCUT2D eigenvalue weighted by atomic mass is 35.5. The Hall–Kier alpha value is -1.48.